The topological polar surface area (TPSA) is 54.5 Å². The minimum Gasteiger partial charge on any atom is -0.297 e. The van der Waals surface area contributed by atoms with Gasteiger partial charge in [0.05, 0.1) is 38.9 Å². The van der Waals surface area contributed by atoms with Crippen molar-refractivity contribution in [3.05, 3.63) is 170 Å². The first kappa shape index (κ1) is 32.5. The summed E-state index contributed by atoms with van der Waals surface area (Å²) in [5.74, 6) is -4.67. The van der Waals surface area contributed by atoms with E-state index in [0.29, 0.717) is 49.5 Å². The zero-order valence-electron chi connectivity index (χ0n) is 25.7. The highest BCUT2D eigenvalue weighted by Crippen LogP contribution is 2.74. The second-order valence-electron chi connectivity index (χ2n) is 12.6. The largest absolute Gasteiger partial charge is 0.417 e. The van der Waals surface area contributed by atoms with Gasteiger partial charge in [0.15, 0.2) is 5.78 Å². The fourth-order valence-corrected chi connectivity index (χ4v) is 8.96. The van der Waals surface area contributed by atoms with Crippen LogP contribution in [0.4, 0.5) is 18.9 Å². The van der Waals surface area contributed by atoms with Gasteiger partial charge in [-0.3, -0.25) is 14.4 Å². The number of anilines is 1. The highest BCUT2D eigenvalue weighted by Gasteiger charge is 2.82. The molecule has 0 radical (unpaired) electrons. The zero-order chi connectivity index (χ0) is 35.2. The van der Waals surface area contributed by atoms with Crippen LogP contribution in [0.3, 0.4) is 0 Å². The Morgan fingerprint density at radius 1 is 0.560 bits per heavy atom. The number of fused-ring (bicyclic) bond motifs is 5. The molecule has 4 atom stereocenters. The Bertz CT molecular complexity index is 2130. The lowest BCUT2D eigenvalue weighted by Gasteiger charge is -2.39. The van der Waals surface area contributed by atoms with Crippen molar-refractivity contribution < 1.29 is 27.6 Å². The van der Waals surface area contributed by atoms with Crippen LogP contribution in [0.5, 0.6) is 0 Å². The summed E-state index contributed by atoms with van der Waals surface area (Å²) in [6.45, 7) is 0. The normalized spacial score (nSPS) is 24.4. The van der Waals surface area contributed by atoms with E-state index in [-0.39, 0.29) is 5.69 Å². The molecule has 1 saturated carbocycles. The third-order valence-corrected chi connectivity index (χ3v) is 11.1. The molecule has 5 aromatic rings. The molecule has 0 aromatic heterocycles. The number of ketones is 1. The Hall–Kier alpha value is -4.69. The molecule has 2 fully saturated rings. The second kappa shape index (κ2) is 11.4. The van der Waals surface area contributed by atoms with Gasteiger partial charge in [0.1, 0.15) is 0 Å². The van der Waals surface area contributed by atoms with Gasteiger partial charge in [0.2, 0.25) is 11.8 Å². The van der Waals surface area contributed by atoms with E-state index in [1.807, 2.05) is 60.7 Å². The van der Waals surface area contributed by atoms with Crippen LogP contribution in [0, 0.1) is 11.8 Å². The first-order valence-corrected chi connectivity index (χ1v) is 16.7. The van der Waals surface area contributed by atoms with Gasteiger partial charge in [-0.1, -0.05) is 120 Å². The van der Waals surface area contributed by atoms with Crippen LogP contribution < -0.4 is 4.90 Å². The third kappa shape index (κ3) is 4.30. The molecule has 1 saturated heterocycles. The van der Waals surface area contributed by atoms with E-state index in [4.69, 9.17) is 34.8 Å². The van der Waals surface area contributed by atoms with Crippen molar-refractivity contribution in [3.63, 3.8) is 0 Å². The Labute approximate surface area is 299 Å². The Morgan fingerprint density at radius 3 is 1.38 bits per heavy atom. The molecule has 1 aliphatic heterocycles. The van der Waals surface area contributed by atoms with Gasteiger partial charge in [0, 0.05) is 10.0 Å². The van der Waals surface area contributed by atoms with Crippen molar-refractivity contribution in [2.45, 2.75) is 17.0 Å². The van der Waals surface area contributed by atoms with E-state index >= 15 is 14.4 Å². The quantitative estimate of drug-likeness (QED) is 0.169. The molecule has 2 amide bonds. The number of nitrogens with zero attached hydrogens (tertiary/aromatic N) is 1. The number of carbonyl (C=O) groups is 3. The number of imide groups is 1. The first-order chi connectivity index (χ1) is 23.9. The van der Waals surface area contributed by atoms with Crippen LogP contribution in [0.1, 0.15) is 27.8 Å². The van der Waals surface area contributed by atoms with Crippen LogP contribution in [0.25, 0.3) is 11.1 Å². The average molecular weight is 729 g/mol. The second-order valence-corrected chi connectivity index (χ2v) is 13.9. The summed E-state index contributed by atoms with van der Waals surface area (Å²) in [4.78, 5) is 46.8. The monoisotopic (exact) mass is 727 g/mol. The van der Waals surface area contributed by atoms with Crippen molar-refractivity contribution in [1.29, 1.82) is 0 Å². The van der Waals surface area contributed by atoms with Gasteiger partial charge >= 0.3 is 6.18 Å². The van der Waals surface area contributed by atoms with Crippen molar-refractivity contribution in [2.24, 2.45) is 11.8 Å². The van der Waals surface area contributed by atoms with Crippen molar-refractivity contribution in [2.75, 3.05) is 4.90 Å². The van der Waals surface area contributed by atoms with Gasteiger partial charge in [-0.05, 0) is 75.9 Å². The standard InChI is InChI=1S/C40H23Cl3F3NO3/c41-26-15-11-24(12-16-26)38-31(22-7-3-1-4-8-22)32(23-9-5-2-6-10-23)39(37(38)50,25-13-17-27(42)18-14-25)34-33(38)35(48)47(36(34)49)28-19-20-30(43)29(21-28)40(44,45)46/h1-21,33-34H/t33-,34+,38-,39+. The number of Topliss-reactive ketones (excluding diaryl/α,β-unsaturated/α-hetero) is 1. The number of carbonyl (C=O) groups excluding carboxylic acids is 3. The maximum Gasteiger partial charge on any atom is 0.417 e. The number of alkyl halides is 3. The molecular weight excluding hydrogens is 706 g/mol. The summed E-state index contributed by atoms with van der Waals surface area (Å²) in [6, 6.07) is 34.5. The van der Waals surface area contributed by atoms with Crippen LogP contribution in [-0.4, -0.2) is 17.6 Å². The van der Waals surface area contributed by atoms with Crippen LogP contribution in [0.15, 0.2) is 127 Å². The maximum absolute atomic E-state index is 15.9. The molecule has 2 bridgehead atoms. The minimum atomic E-state index is -4.86. The van der Waals surface area contributed by atoms with Crippen molar-refractivity contribution in [3.8, 4) is 0 Å². The number of hydrogen-bond acceptors (Lipinski definition) is 3. The van der Waals surface area contributed by atoms with E-state index in [0.717, 1.165) is 11.0 Å². The lowest BCUT2D eigenvalue weighted by Crippen LogP contribution is -2.45. The average Bonchev–Trinajstić information content (AvgIpc) is 3.61. The molecule has 8 rings (SSSR count). The number of hydrogen-bond donors (Lipinski definition) is 0. The zero-order valence-corrected chi connectivity index (χ0v) is 28.0. The molecular formula is C40H23Cl3F3NO3. The van der Waals surface area contributed by atoms with Crippen LogP contribution in [0.2, 0.25) is 15.1 Å². The molecule has 0 spiro atoms. The fraction of sp³-hybridized carbons (Fsp3) is 0.125. The van der Waals surface area contributed by atoms with Gasteiger partial charge < -0.3 is 0 Å². The fourth-order valence-electron chi connectivity index (χ4n) is 8.48. The molecule has 2 aliphatic carbocycles. The number of rotatable bonds is 5. The van der Waals surface area contributed by atoms with Gasteiger partial charge in [-0.2, -0.15) is 13.2 Å². The summed E-state index contributed by atoms with van der Waals surface area (Å²) in [6.07, 6.45) is -4.86. The Morgan fingerprint density at radius 2 is 0.980 bits per heavy atom. The summed E-state index contributed by atoms with van der Waals surface area (Å²) in [5, 5.41) is 0.198. The van der Waals surface area contributed by atoms with E-state index in [9.17, 15) is 13.2 Å². The maximum atomic E-state index is 15.9. The smallest absolute Gasteiger partial charge is 0.297 e. The minimum absolute atomic E-state index is 0.294. The van der Waals surface area contributed by atoms with Crippen LogP contribution in [-0.2, 0) is 31.4 Å². The SMILES string of the molecule is O=C1[C@@H]2[C@H](C(=O)N1c1ccc(Cl)c(C(F)(F)F)c1)[C@]1(c3ccc(Cl)cc3)C(=O)[C@@]2(c2ccc(Cl)cc2)C(c2ccccc2)=C1c1ccccc1. The highest BCUT2D eigenvalue weighted by atomic mass is 35.5. The predicted octanol–water partition coefficient (Wildman–Crippen LogP) is 9.85. The van der Waals surface area contributed by atoms with Gasteiger partial charge in [-0.15, -0.1) is 0 Å². The van der Waals surface area contributed by atoms with E-state index in [2.05, 4.69) is 0 Å². The van der Waals surface area contributed by atoms with E-state index < -0.39 is 57.0 Å². The number of benzene rings is 5. The highest BCUT2D eigenvalue weighted by molar-refractivity contribution is 6.39. The van der Waals surface area contributed by atoms with Crippen molar-refractivity contribution >= 4 is 69.2 Å². The molecule has 5 aromatic carbocycles. The Kier molecular flexibility index (Phi) is 7.43. The molecule has 10 heteroatoms. The van der Waals surface area contributed by atoms with E-state index in [1.54, 1.807) is 48.5 Å². The summed E-state index contributed by atoms with van der Waals surface area (Å²) in [7, 11) is 0. The molecule has 248 valence electrons. The lowest BCUT2D eigenvalue weighted by molar-refractivity contribution is -0.137. The molecule has 50 heavy (non-hydrogen) atoms. The summed E-state index contributed by atoms with van der Waals surface area (Å²) in [5.41, 5.74) is -1.80. The molecule has 0 unspecified atom stereocenters. The van der Waals surface area contributed by atoms with Gasteiger partial charge in [0.25, 0.3) is 0 Å². The summed E-state index contributed by atoms with van der Waals surface area (Å²) >= 11 is 18.7. The molecule has 4 nitrogen and oxygen atoms in total. The molecule has 1 heterocycles. The Balaban J connectivity index is 1.52. The predicted molar refractivity (Wildman–Crippen MR) is 187 cm³/mol. The number of amides is 2. The van der Waals surface area contributed by atoms with Crippen molar-refractivity contribution in [1.82, 2.24) is 0 Å². The molecule has 3 aliphatic rings. The van der Waals surface area contributed by atoms with E-state index in [1.165, 1.54) is 6.07 Å². The van der Waals surface area contributed by atoms with Gasteiger partial charge in [-0.25, -0.2) is 4.90 Å². The first-order valence-electron chi connectivity index (χ1n) is 15.6. The van der Waals surface area contributed by atoms with Crippen LogP contribution >= 0.6 is 34.8 Å². The lowest BCUT2D eigenvalue weighted by atomic mass is 9.59. The third-order valence-electron chi connectivity index (χ3n) is 10.2. The number of allylic oxidation sites excluding steroid dienone is 2. The molecule has 0 N–H and O–H groups in total. The number of halogens is 6. The summed E-state index contributed by atoms with van der Waals surface area (Å²) < 4.78 is 42.3.